The molecule has 0 aliphatic carbocycles. The van der Waals surface area contributed by atoms with Crippen molar-refractivity contribution in [2.45, 2.75) is 4.90 Å². The second kappa shape index (κ2) is 6.57. The zero-order chi connectivity index (χ0) is 17.4. The van der Waals surface area contributed by atoms with Gasteiger partial charge in [-0.1, -0.05) is 23.5 Å². The Morgan fingerprint density at radius 3 is 2.68 bits per heavy atom. The van der Waals surface area contributed by atoms with Crippen LogP contribution >= 0.6 is 23.1 Å². The summed E-state index contributed by atoms with van der Waals surface area (Å²) < 4.78 is 14.2. The van der Waals surface area contributed by atoms with E-state index in [1.54, 1.807) is 11.8 Å². The molecule has 7 heteroatoms. The topological polar surface area (TPSA) is 52.8 Å². The van der Waals surface area contributed by atoms with Crippen LogP contribution < -0.4 is 14.3 Å². The molecule has 1 amide bonds. The van der Waals surface area contributed by atoms with Crippen LogP contribution in [0.4, 0.5) is 0 Å². The van der Waals surface area contributed by atoms with E-state index in [9.17, 15) is 4.79 Å². The smallest absolute Gasteiger partial charge is 0.280 e. The normalized spacial score (nSPS) is 14.1. The summed E-state index contributed by atoms with van der Waals surface area (Å²) in [6, 6.07) is 11.4. The molecule has 1 aromatic heterocycles. The van der Waals surface area contributed by atoms with Gasteiger partial charge in [0.05, 0.1) is 15.8 Å². The molecule has 1 aliphatic rings. The molecule has 3 aromatic rings. The molecule has 0 N–H and O–H groups in total. The van der Waals surface area contributed by atoms with E-state index in [4.69, 9.17) is 9.47 Å². The van der Waals surface area contributed by atoms with Gasteiger partial charge in [0.25, 0.3) is 5.91 Å². The molecule has 2 aromatic carbocycles. The van der Waals surface area contributed by atoms with E-state index in [1.807, 2.05) is 54.3 Å². The molecule has 0 radical (unpaired) electrons. The Hall–Kier alpha value is -2.25. The number of thiazole rings is 1. The molecular formula is C18H16N2O3S2. The molecule has 5 nitrogen and oxygen atoms in total. The minimum absolute atomic E-state index is 0.232. The lowest BCUT2D eigenvalue weighted by Crippen LogP contribution is -2.15. The largest absolute Gasteiger partial charge is 0.486 e. The molecule has 1 aliphatic heterocycles. The van der Waals surface area contributed by atoms with Crippen molar-refractivity contribution in [1.82, 2.24) is 4.57 Å². The highest BCUT2D eigenvalue weighted by atomic mass is 32.2. The first-order chi connectivity index (χ1) is 12.2. The first-order valence-electron chi connectivity index (χ1n) is 7.78. The van der Waals surface area contributed by atoms with Crippen molar-refractivity contribution >= 4 is 39.2 Å². The van der Waals surface area contributed by atoms with Gasteiger partial charge in [-0.3, -0.25) is 4.79 Å². The third-order valence-electron chi connectivity index (χ3n) is 4.01. The second-order valence-corrected chi connectivity index (χ2v) is 7.38. The van der Waals surface area contributed by atoms with Crippen LogP contribution in [0.2, 0.25) is 0 Å². The van der Waals surface area contributed by atoms with Crippen LogP contribution in [0, 0.1) is 0 Å². The molecule has 0 fully saturated rings. The summed E-state index contributed by atoms with van der Waals surface area (Å²) in [5.74, 6) is 1.24. The molecule has 4 rings (SSSR count). The summed E-state index contributed by atoms with van der Waals surface area (Å²) >= 11 is 3.01. The fraction of sp³-hybridized carbons (Fsp3) is 0.222. The van der Waals surface area contributed by atoms with E-state index in [1.165, 1.54) is 11.3 Å². The van der Waals surface area contributed by atoms with Crippen molar-refractivity contribution in [1.29, 1.82) is 0 Å². The molecule has 0 bridgehead atoms. The van der Waals surface area contributed by atoms with Crippen molar-refractivity contribution < 1.29 is 14.3 Å². The summed E-state index contributed by atoms with van der Waals surface area (Å²) in [6.45, 7) is 1.10. The van der Waals surface area contributed by atoms with E-state index >= 15 is 0 Å². The van der Waals surface area contributed by atoms with Crippen molar-refractivity contribution in [3.63, 3.8) is 0 Å². The number of benzene rings is 2. The Morgan fingerprint density at radius 2 is 1.92 bits per heavy atom. The Kier molecular flexibility index (Phi) is 4.27. The number of hydrogen-bond acceptors (Lipinski definition) is 5. The van der Waals surface area contributed by atoms with Gasteiger partial charge < -0.3 is 14.0 Å². The Balaban J connectivity index is 1.82. The summed E-state index contributed by atoms with van der Waals surface area (Å²) in [5.41, 5.74) is 1.59. The summed E-state index contributed by atoms with van der Waals surface area (Å²) in [5, 5.41) is 0. The van der Waals surface area contributed by atoms with Gasteiger partial charge in [-0.25, -0.2) is 0 Å². The monoisotopic (exact) mass is 372 g/mol. The van der Waals surface area contributed by atoms with Gasteiger partial charge in [0.2, 0.25) is 0 Å². The number of carbonyl (C=O) groups excluding carboxylic acids is 1. The van der Waals surface area contributed by atoms with Crippen LogP contribution in [0.1, 0.15) is 10.4 Å². The number of ether oxygens (including phenoxy) is 2. The number of nitrogens with zero attached hydrogens (tertiary/aromatic N) is 2. The maximum absolute atomic E-state index is 12.6. The lowest BCUT2D eigenvalue weighted by Gasteiger charge is -2.18. The van der Waals surface area contributed by atoms with E-state index in [-0.39, 0.29) is 5.91 Å². The highest BCUT2D eigenvalue weighted by molar-refractivity contribution is 7.98. The van der Waals surface area contributed by atoms with Gasteiger partial charge in [0.15, 0.2) is 16.3 Å². The van der Waals surface area contributed by atoms with Gasteiger partial charge in [-0.05, 0) is 18.4 Å². The molecular weight excluding hydrogens is 356 g/mol. The summed E-state index contributed by atoms with van der Waals surface area (Å²) in [7, 11) is 1.90. The Morgan fingerprint density at radius 1 is 1.20 bits per heavy atom. The van der Waals surface area contributed by atoms with Crippen molar-refractivity contribution in [3.05, 3.63) is 46.8 Å². The second-order valence-electron chi connectivity index (χ2n) is 5.52. The third-order valence-corrected chi connectivity index (χ3v) is 5.90. The molecule has 0 spiro atoms. The molecule has 2 heterocycles. The van der Waals surface area contributed by atoms with Crippen LogP contribution in [0.25, 0.3) is 10.2 Å². The van der Waals surface area contributed by atoms with Gasteiger partial charge in [-0.15, -0.1) is 11.8 Å². The number of aryl methyl sites for hydroxylation is 1. The van der Waals surface area contributed by atoms with E-state index in [0.29, 0.717) is 23.6 Å². The predicted octanol–water partition coefficient (Wildman–Crippen LogP) is 3.47. The predicted molar refractivity (Wildman–Crippen MR) is 99.9 cm³/mol. The molecule has 0 unspecified atom stereocenters. The first-order valence-corrected chi connectivity index (χ1v) is 9.83. The summed E-state index contributed by atoms with van der Waals surface area (Å²) in [4.78, 5) is 18.6. The maximum atomic E-state index is 12.6. The zero-order valence-electron chi connectivity index (χ0n) is 13.8. The number of carbonyl (C=O) groups is 1. The molecule has 0 atom stereocenters. The van der Waals surface area contributed by atoms with E-state index < -0.39 is 0 Å². The fourth-order valence-corrected chi connectivity index (χ4v) is 4.36. The van der Waals surface area contributed by atoms with Crippen LogP contribution in [0.15, 0.2) is 46.3 Å². The number of hydrogen-bond donors (Lipinski definition) is 0. The number of aromatic nitrogens is 1. The van der Waals surface area contributed by atoms with E-state index in [0.717, 1.165) is 26.6 Å². The molecule has 128 valence electrons. The SMILES string of the molecule is CSc1ccccc1C(=O)N=c1sc2cc3c(cc2n1C)OCCO3. The number of fused-ring (bicyclic) bond motifs is 2. The highest BCUT2D eigenvalue weighted by Crippen LogP contribution is 2.35. The fourth-order valence-electron chi connectivity index (χ4n) is 2.74. The van der Waals surface area contributed by atoms with Crippen molar-refractivity contribution in [2.75, 3.05) is 19.5 Å². The highest BCUT2D eigenvalue weighted by Gasteiger charge is 2.16. The lowest BCUT2D eigenvalue weighted by atomic mass is 10.2. The minimum Gasteiger partial charge on any atom is -0.486 e. The van der Waals surface area contributed by atoms with E-state index in [2.05, 4.69) is 4.99 Å². The van der Waals surface area contributed by atoms with Crippen LogP contribution in [-0.2, 0) is 7.05 Å². The number of amides is 1. The van der Waals surface area contributed by atoms with Gasteiger partial charge in [-0.2, -0.15) is 4.99 Å². The van der Waals surface area contributed by atoms with Crippen LogP contribution in [-0.4, -0.2) is 29.9 Å². The standard InChI is InChI=1S/C18H16N2O3S2/c1-20-12-9-13-14(23-8-7-22-13)10-16(12)25-18(20)19-17(21)11-5-3-4-6-15(11)24-2/h3-6,9-10H,7-8H2,1-2H3. The Bertz CT molecular complexity index is 1040. The third kappa shape index (κ3) is 2.94. The molecule has 25 heavy (non-hydrogen) atoms. The van der Waals surface area contributed by atoms with Gasteiger partial charge >= 0.3 is 0 Å². The van der Waals surface area contributed by atoms with Crippen molar-refractivity contribution in [2.24, 2.45) is 12.0 Å². The van der Waals surface area contributed by atoms with Gasteiger partial charge in [0, 0.05) is 24.1 Å². The lowest BCUT2D eigenvalue weighted by molar-refractivity contribution is 0.0995. The average Bonchev–Trinajstić information content (AvgIpc) is 2.94. The van der Waals surface area contributed by atoms with Crippen molar-refractivity contribution in [3.8, 4) is 11.5 Å². The first kappa shape index (κ1) is 16.2. The average molecular weight is 372 g/mol. The summed E-state index contributed by atoms with van der Waals surface area (Å²) in [6.07, 6.45) is 1.95. The van der Waals surface area contributed by atoms with Gasteiger partial charge in [0.1, 0.15) is 13.2 Å². The minimum atomic E-state index is -0.232. The molecule has 0 saturated carbocycles. The quantitative estimate of drug-likeness (QED) is 0.647. The number of rotatable bonds is 2. The Labute approximate surface area is 152 Å². The van der Waals surface area contributed by atoms with Crippen LogP contribution in [0.3, 0.4) is 0 Å². The molecule has 0 saturated heterocycles. The number of thioether (sulfide) groups is 1. The maximum Gasteiger partial charge on any atom is 0.280 e. The van der Waals surface area contributed by atoms with Crippen LogP contribution in [0.5, 0.6) is 11.5 Å². The zero-order valence-corrected chi connectivity index (χ0v) is 15.4.